The summed E-state index contributed by atoms with van der Waals surface area (Å²) in [5.41, 5.74) is 0.598. The molecule has 1 heterocycles. The molecule has 0 bridgehead atoms. The molecule has 0 aliphatic heterocycles. The lowest BCUT2D eigenvalue weighted by Crippen LogP contribution is -2.07. The summed E-state index contributed by atoms with van der Waals surface area (Å²) in [4.78, 5) is 14.5. The fraction of sp³-hybridized carbons (Fsp3) is 0.200. The van der Waals surface area contributed by atoms with Crippen molar-refractivity contribution in [2.45, 2.75) is 12.4 Å². The van der Waals surface area contributed by atoms with Crippen molar-refractivity contribution in [2.75, 3.05) is 0 Å². The van der Waals surface area contributed by atoms with Gasteiger partial charge in [0.2, 0.25) is 0 Å². The van der Waals surface area contributed by atoms with Gasteiger partial charge in [-0.3, -0.25) is 10.1 Å². The molecule has 1 aromatic carbocycles. The smallest absolute Gasteiger partial charge is 0.258 e. The first-order valence-corrected chi connectivity index (χ1v) is 6.30. The first-order valence-electron chi connectivity index (χ1n) is 4.97. The Kier molecular flexibility index (Phi) is 3.93. The zero-order valence-electron chi connectivity index (χ0n) is 9.08. The van der Waals surface area contributed by atoms with Crippen LogP contribution in [0, 0.1) is 10.1 Å². The fourth-order valence-corrected chi connectivity index (χ4v) is 2.08. The zero-order valence-corrected chi connectivity index (χ0v) is 11.4. The van der Waals surface area contributed by atoms with Crippen molar-refractivity contribution in [2.24, 2.45) is 0 Å². The number of rotatable bonds is 4. The van der Waals surface area contributed by atoms with Crippen molar-refractivity contribution in [1.82, 2.24) is 14.8 Å². The minimum atomic E-state index is -0.419. The van der Waals surface area contributed by atoms with Gasteiger partial charge in [0.15, 0.2) is 0 Å². The van der Waals surface area contributed by atoms with Gasteiger partial charge >= 0.3 is 0 Å². The number of hydrogen-bond donors (Lipinski definition) is 0. The average molecular weight is 332 g/mol. The topological polar surface area (TPSA) is 73.8 Å². The van der Waals surface area contributed by atoms with E-state index in [-0.39, 0.29) is 18.1 Å². The van der Waals surface area contributed by atoms with Gasteiger partial charge in [0, 0.05) is 10.5 Å². The molecule has 0 radical (unpaired) electrons. The van der Waals surface area contributed by atoms with E-state index in [9.17, 15) is 10.1 Å². The average Bonchev–Trinajstić information content (AvgIpc) is 2.78. The quantitative estimate of drug-likeness (QED) is 0.490. The van der Waals surface area contributed by atoms with Gasteiger partial charge in [0.05, 0.1) is 22.9 Å². The van der Waals surface area contributed by atoms with Crippen LogP contribution >= 0.6 is 27.5 Å². The highest BCUT2D eigenvalue weighted by Crippen LogP contribution is 2.24. The molecule has 2 rings (SSSR count). The molecule has 0 saturated heterocycles. The normalized spacial score (nSPS) is 10.6. The van der Waals surface area contributed by atoms with Crippen molar-refractivity contribution in [1.29, 1.82) is 0 Å². The summed E-state index contributed by atoms with van der Waals surface area (Å²) in [6.45, 7) is 0.269. The van der Waals surface area contributed by atoms with Crippen LogP contribution < -0.4 is 0 Å². The molecule has 0 aliphatic carbocycles. The van der Waals surface area contributed by atoms with Gasteiger partial charge in [-0.25, -0.2) is 9.67 Å². The summed E-state index contributed by atoms with van der Waals surface area (Å²) < 4.78 is 2.21. The van der Waals surface area contributed by atoms with Crippen LogP contribution in [-0.2, 0) is 12.4 Å². The van der Waals surface area contributed by atoms with E-state index in [0.717, 1.165) is 0 Å². The number of nitro benzene ring substituents is 1. The summed E-state index contributed by atoms with van der Waals surface area (Å²) in [6.07, 6.45) is 1.38. The number of alkyl halides is 1. The molecule has 0 N–H and O–H groups in total. The van der Waals surface area contributed by atoms with E-state index in [0.29, 0.717) is 15.9 Å². The number of nitro groups is 1. The highest BCUT2D eigenvalue weighted by Gasteiger charge is 2.15. The predicted octanol–water partition coefficient (Wildman–Crippen LogP) is 2.74. The molecule has 0 unspecified atom stereocenters. The molecule has 0 amide bonds. The highest BCUT2D eigenvalue weighted by molar-refractivity contribution is 9.10. The van der Waals surface area contributed by atoms with E-state index in [2.05, 4.69) is 26.0 Å². The van der Waals surface area contributed by atoms with E-state index in [1.165, 1.54) is 12.4 Å². The van der Waals surface area contributed by atoms with Crippen LogP contribution in [0.2, 0.25) is 0 Å². The third kappa shape index (κ3) is 2.68. The van der Waals surface area contributed by atoms with Crippen molar-refractivity contribution >= 4 is 33.2 Å². The molecule has 2 aromatic rings. The Morgan fingerprint density at radius 1 is 1.50 bits per heavy atom. The first-order chi connectivity index (χ1) is 8.61. The highest BCUT2D eigenvalue weighted by atomic mass is 79.9. The summed E-state index contributed by atoms with van der Waals surface area (Å²) >= 11 is 8.91. The molecule has 0 spiro atoms. The maximum atomic E-state index is 11.0. The third-order valence-electron chi connectivity index (χ3n) is 2.38. The largest absolute Gasteiger partial charge is 0.275 e. The minimum Gasteiger partial charge on any atom is -0.258 e. The van der Waals surface area contributed by atoms with Crippen molar-refractivity contribution in [3.05, 3.63) is 50.5 Å². The van der Waals surface area contributed by atoms with Crippen molar-refractivity contribution in [3.63, 3.8) is 0 Å². The zero-order chi connectivity index (χ0) is 13.1. The second kappa shape index (κ2) is 5.45. The van der Waals surface area contributed by atoms with Crippen LogP contribution in [0.25, 0.3) is 0 Å². The molecule has 94 valence electrons. The van der Waals surface area contributed by atoms with E-state index >= 15 is 0 Å². The Morgan fingerprint density at radius 2 is 2.28 bits per heavy atom. The summed E-state index contributed by atoms with van der Waals surface area (Å²) in [5.74, 6) is 0.790. The standard InChI is InChI=1S/C10H8BrClN4O2/c11-8-2-1-7(9(3-8)16(17)18)5-15-10(4-12)13-6-14-15/h1-3,6H,4-5H2. The number of aromatic nitrogens is 3. The van der Waals surface area contributed by atoms with Crippen LogP contribution in [0.1, 0.15) is 11.4 Å². The maximum absolute atomic E-state index is 11.0. The third-order valence-corrected chi connectivity index (χ3v) is 3.11. The molecule has 8 heteroatoms. The van der Waals surface area contributed by atoms with Crippen LogP contribution in [0.4, 0.5) is 5.69 Å². The second-order valence-electron chi connectivity index (χ2n) is 3.50. The second-order valence-corrected chi connectivity index (χ2v) is 4.68. The molecule has 0 saturated carbocycles. The lowest BCUT2D eigenvalue weighted by molar-refractivity contribution is -0.385. The van der Waals surface area contributed by atoms with E-state index in [1.807, 2.05) is 0 Å². The molecule has 0 atom stereocenters. The first kappa shape index (κ1) is 13.0. The Morgan fingerprint density at radius 3 is 2.94 bits per heavy atom. The molecule has 18 heavy (non-hydrogen) atoms. The number of benzene rings is 1. The number of hydrogen-bond acceptors (Lipinski definition) is 4. The Labute approximate surface area is 116 Å². The van der Waals surface area contributed by atoms with Gasteiger partial charge in [0.25, 0.3) is 5.69 Å². The van der Waals surface area contributed by atoms with Gasteiger partial charge < -0.3 is 0 Å². The van der Waals surface area contributed by atoms with E-state index in [4.69, 9.17) is 11.6 Å². The van der Waals surface area contributed by atoms with Crippen LogP contribution in [0.3, 0.4) is 0 Å². The molecular weight excluding hydrogens is 323 g/mol. The SMILES string of the molecule is O=[N+]([O-])c1cc(Br)ccc1Cn1ncnc1CCl. The van der Waals surface area contributed by atoms with E-state index in [1.54, 1.807) is 16.8 Å². The lowest BCUT2D eigenvalue weighted by Gasteiger charge is -2.05. The van der Waals surface area contributed by atoms with Crippen molar-refractivity contribution < 1.29 is 4.92 Å². The summed E-state index contributed by atoms with van der Waals surface area (Å²) in [7, 11) is 0. The van der Waals surface area contributed by atoms with Gasteiger partial charge in [-0.05, 0) is 12.1 Å². The molecule has 0 fully saturated rings. The molecule has 6 nitrogen and oxygen atoms in total. The van der Waals surface area contributed by atoms with Gasteiger partial charge in [0.1, 0.15) is 12.2 Å². The minimum absolute atomic E-state index is 0.0420. The fourth-order valence-electron chi connectivity index (χ4n) is 1.53. The van der Waals surface area contributed by atoms with Gasteiger partial charge in [-0.2, -0.15) is 5.10 Å². The molecule has 0 aliphatic rings. The summed E-state index contributed by atoms with van der Waals surface area (Å²) in [5, 5.41) is 15.0. The number of halogens is 2. The predicted molar refractivity (Wildman–Crippen MR) is 69.5 cm³/mol. The monoisotopic (exact) mass is 330 g/mol. The van der Waals surface area contributed by atoms with Crippen molar-refractivity contribution in [3.8, 4) is 0 Å². The Balaban J connectivity index is 2.37. The maximum Gasteiger partial charge on any atom is 0.275 e. The Hall–Kier alpha value is -1.47. The summed E-state index contributed by atoms with van der Waals surface area (Å²) in [6, 6.07) is 4.90. The molecule has 1 aromatic heterocycles. The van der Waals surface area contributed by atoms with Gasteiger partial charge in [-0.1, -0.05) is 15.9 Å². The van der Waals surface area contributed by atoms with Crippen LogP contribution in [-0.4, -0.2) is 19.7 Å². The van der Waals surface area contributed by atoms with Gasteiger partial charge in [-0.15, -0.1) is 11.6 Å². The Bertz CT molecular complexity index is 587. The van der Waals surface area contributed by atoms with Crippen LogP contribution in [0.5, 0.6) is 0 Å². The molecular formula is C10H8BrClN4O2. The van der Waals surface area contributed by atoms with E-state index < -0.39 is 4.92 Å². The number of nitrogens with zero attached hydrogens (tertiary/aromatic N) is 4. The lowest BCUT2D eigenvalue weighted by atomic mass is 10.2. The van der Waals surface area contributed by atoms with Crippen LogP contribution in [0.15, 0.2) is 29.0 Å².